The van der Waals surface area contributed by atoms with Gasteiger partial charge in [0.2, 0.25) is 0 Å². The third kappa shape index (κ3) is 11.9. The van der Waals surface area contributed by atoms with Gasteiger partial charge in [-0.2, -0.15) is 11.8 Å². The van der Waals surface area contributed by atoms with Crippen molar-refractivity contribution in [2.24, 2.45) is 5.92 Å². The summed E-state index contributed by atoms with van der Waals surface area (Å²) in [5.41, 5.74) is 0. The van der Waals surface area contributed by atoms with Crippen molar-refractivity contribution in [3.8, 4) is 0 Å². The molecular weight excluding hydrogens is 336 g/mol. The molecule has 3 nitrogen and oxygen atoms in total. The van der Waals surface area contributed by atoms with E-state index >= 15 is 0 Å². The molecule has 0 saturated heterocycles. The molecule has 24 heavy (non-hydrogen) atoms. The highest BCUT2D eigenvalue weighted by molar-refractivity contribution is 7.99. The summed E-state index contributed by atoms with van der Waals surface area (Å²) in [7, 11) is -2.42. The highest BCUT2D eigenvalue weighted by Crippen LogP contribution is 2.23. The summed E-state index contributed by atoms with van der Waals surface area (Å²) in [5, 5.41) is 0. The third-order valence-corrected chi connectivity index (χ3v) is 8.70. The second-order valence-corrected chi connectivity index (χ2v) is 10.2. The summed E-state index contributed by atoms with van der Waals surface area (Å²) in [6, 6.07) is 0.947. The van der Waals surface area contributed by atoms with Gasteiger partial charge in [-0.15, -0.1) is 0 Å². The summed E-state index contributed by atoms with van der Waals surface area (Å²) in [5.74, 6) is 3.38. The zero-order chi connectivity index (χ0) is 18.1. The zero-order valence-corrected chi connectivity index (χ0v) is 18.7. The molecule has 0 fully saturated rings. The van der Waals surface area contributed by atoms with Crippen LogP contribution in [0, 0.1) is 5.92 Å². The molecule has 0 aromatic rings. The minimum atomic E-state index is -2.42. The Balaban J connectivity index is 4.00. The Bertz CT molecular complexity index is 250. The molecule has 0 saturated carbocycles. The summed E-state index contributed by atoms with van der Waals surface area (Å²) in [6.45, 7) is 12.7. The summed E-state index contributed by atoms with van der Waals surface area (Å²) >= 11 is 2.10. The van der Waals surface area contributed by atoms with E-state index in [0.717, 1.165) is 18.4 Å². The second kappa shape index (κ2) is 16.9. The number of hydrogen-bond donors (Lipinski definition) is 0. The first-order valence-corrected chi connectivity index (χ1v) is 13.3. The van der Waals surface area contributed by atoms with E-state index in [2.05, 4.69) is 25.6 Å². The molecule has 0 aromatic heterocycles. The van der Waals surface area contributed by atoms with Crippen LogP contribution >= 0.6 is 11.8 Å². The molecule has 0 amide bonds. The van der Waals surface area contributed by atoms with Gasteiger partial charge in [0.05, 0.1) is 0 Å². The lowest BCUT2D eigenvalue weighted by atomic mass is 10.0. The van der Waals surface area contributed by atoms with Crippen LogP contribution in [0.1, 0.15) is 79.6 Å². The van der Waals surface area contributed by atoms with Crippen LogP contribution in [0.2, 0.25) is 6.04 Å². The fraction of sp³-hybridized carbons (Fsp3) is 1.00. The van der Waals surface area contributed by atoms with E-state index in [-0.39, 0.29) is 0 Å². The largest absolute Gasteiger partial charge is 0.500 e. The Labute approximate surface area is 157 Å². The van der Waals surface area contributed by atoms with Crippen LogP contribution in [0.3, 0.4) is 0 Å². The minimum absolute atomic E-state index is 0.676. The smallest absolute Gasteiger partial charge is 0.374 e. The first-order chi connectivity index (χ1) is 11.7. The van der Waals surface area contributed by atoms with Crippen molar-refractivity contribution in [1.82, 2.24) is 0 Å². The minimum Gasteiger partial charge on any atom is -0.374 e. The number of unbranched alkanes of at least 4 members (excludes halogenated alkanes) is 3. The zero-order valence-electron chi connectivity index (χ0n) is 16.9. The maximum Gasteiger partial charge on any atom is 0.500 e. The quantitative estimate of drug-likeness (QED) is 0.211. The molecule has 0 radical (unpaired) electrons. The van der Waals surface area contributed by atoms with Gasteiger partial charge in [-0.1, -0.05) is 46.0 Å². The van der Waals surface area contributed by atoms with E-state index in [1.165, 1.54) is 50.0 Å². The number of rotatable bonds is 18. The molecule has 0 spiro atoms. The van der Waals surface area contributed by atoms with Gasteiger partial charge in [-0.05, 0) is 51.0 Å². The van der Waals surface area contributed by atoms with Crippen LogP contribution < -0.4 is 0 Å². The van der Waals surface area contributed by atoms with Gasteiger partial charge < -0.3 is 13.3 Å². The number of thioether (sulfide) groups is 1. The lowest BCUT2D eigenvalue weighted by Gasteiger charge is -2.28. The average Bonchev–Trinajstić information content (AvgIpc) is 2.57. The SMILES string of the molecule is CCCCCCC(CC)CSCCC[Si](OCC)(OCC)OCC. The maximum absolute atomic E-state index is 5.92. The summed E-state index contributed by atoms with van der Waals surface area (Å²) in [6.07, 6.45) is 9.38. The van der Waals surface area contributed by atoms with Crippen molar-refractivity contribution in [2.75, 3.05) is 31.3 Å². The monoisotopic (exact) mass is 378 g/mol. The van der Waals surface area contributed by atoms with Crippen molar-refractivity contribution in [2.45, 2.75) is 85.6 Å². The van der Waals surface area contributed by atoms with Gasteiger partial charge in [-0.3, -0.25) is 0 Å². The standard InChI is InChI=1S/C19H42O3SSi/c1-6-11-12-13-15-19(7-2)18-23-16-14-17-24(20-8-3,21-9-4)22-10-5/h19H,6-18H2,1-5H3. The number of hydrogen-bond acceptors (Lipinski definition) is 4. The van der Waals surface area contributed by atoms with E-state index in [1.54, 1.807) is 0 Å². The molecule has 0 aromatic carbocycles. The topological polar surface area (TPSA) is 27.7 Å². The van der Waals surface area contributed by atoms with E-state index < -0.39 is 8.80 Å². The van der Waals surface area contributed by atoms with Crippen molar-refractivity contribution < 1.29 is 13.3 Å². The maximum atomic E-state index is 5.92. The Morgan fingerprint density at radius 2 is 1.42 bits per heavy atom. The molecule has 146 valence electrons. The van der Waals surface area contributed by atoms with E-state index in [4.69, 9.17) is 13.3 Å². The van der Waals surface area contributed by atoms with Gasteiger partial charge >= 0.3 is 8.80 Å². The molecule has 5 heteroatoms. The van der Waals surface area contributed by atoms with Gasteiger partial charge in [-0.25, -0.2) is 0 Å². The van der Waals surface area contributed by atoms with E-state index in [0.29, 0.717) is 19.8 Å². The van der Waals surface area contributed by atoms with Gasteiger partial charge in [0.25, 0.3) is 0 Å². The first kappa shape index (κ1) is 24.4. The van der Waals surface area contributed by atoms with Crippen LogP contribution in [0.15, 0.2) is 0 Å². The molecule has 0 aliphatic heterocycles. The van der Waals surface area contributed by atoms with Crippen LogP contribution in [0.25, 0.3) is 0 Å². The molecule has 0 N–H and O–H groups in total. The lowest BCUT2D eigenvalue weighted by Crippen LogP contribution is -2.46. The molecule has 0 rings (SSSR count). The molecule has 0 aliphatic carbocycles. The van der Waals surface area contributed by atoms with Crippen molar-refractivity contribution in [3.05, 3.63) is 0 Å². The third-order valence-electron chi connectivity index (χ3n) is 4.26. The normalized spacial score (nSPS) is 13.4. The predicted molar refractivity (Wildman–Crippen MR) is 110 cm³/mol. The van der Waals surface area contributed by atoms with E-state index in [9.17, 15) is 0 Å². The Morgan fingerprint density at radius 3 is 1.92 bits per heavy atom. The van der Waals surface area contributed by atoms with Gasteiger partial charge in [0.1, 0.15) is 0 Å². The van der Waals surface area contributed by atoms with Gasteiger partial charge in [0, 0.05) is 25.9 Å². The Morgan fingerprint density at radius 1 is 0.792 bits per heavy atom. The fourth-order valence-corrected chi connectivity index (χ4v) is 7.03. The molecule has 1 unspecified atom stereocenters. The highest BCUT2D eigenvalue weighted by Gasteiger charge is 2.39. The average molecular weight is 379 g/mol. The van der Waals surface area contributed by atoms with Crippen molar-refractivity contribution in [3.63, 3.8) is 0 Å². The molecule has 0 aliphatic rings. The van der Waals surface area contributed by atoms with Crippen molar-refractivity contribution in [1.29, 1.82) is 0 Å². The predicted octanol–water partition coefficient (Wildman–Crippen LogP) is 6.15. The van der Waals surface area contributed by atoms with Gasteiger partial charge in [0.15, 0.2) is 0 Å². The Kier molecular flexibility index (Phi) is 17.2. The Hall–Kier alpha value is 0.447. The molecule has 0 bridgehead atoms. The summed E-state index contributed by atoms with van der Waals surface area (Å²) < 4.78 is 17.8. The molecular formula is C19H42O3SSi. The van der Waals surface area contributed by atoms with Crippen molar-refractivity contribution >= 4 is 20.6 Å². The molecule has 1 atom stereocenters. The van der Waals surface area contributed by atoms with E-state index in [1.807, 2.05) is 20.8 Å². The lowest BCUT2D eigenvalue weighted by molar-refractivity contribution is 0.0712. The van der Waals surface area contributed by atoms with Crippen LogP contribution in [-0.4, -0.2) is 40.1 Å². The van der Waals surface area contributed by atoms with Crippen LogP contribution in [0.5, 0.6) is 0 Å². The first-order valence-electron chi connectivity index (χ1n) is 10.2. The fourth-order valence-electron chi connectivity index (χ4n) is 2.91. The second-order valence-electron chi connectivity index (χ2n) is 6.28. The highest BCUT2D eigenvalue weighted by atomic mass is 32.2. The van der Waals surface area contributed by atoms with Crippen LogP contribution in [-0.2, 0) is 13.3 Å². The molecule has 0 heterocycles. The summed E-state index contributed by atoms with van der Waals surface area (Å²) in [4.78, 5) is 0. The van der Waals surface area contributed by atoms with Crippen LogP contribution in [0.4, 0.5) is 0 Å².